The van der Waals surface area contributed by atoms with Gasteiger partial charge < -0.3 is 5.73 Å². The fourth-order valence-electron chi connectivity index (χ4n) is 1.26. The van der Waals surface area contributed by atoms with Crippen molar-refractivity contribution in [2.45, 2.75) is 34.6 Å². The van der Waals surface area contributed by atoms with Crippen molar-refractivity contribution in [3.05, 3.63) is 35.6 Å². The van der Waals surface area contributed by atoms with E-state index in [1.54, 1.807) is 6.20 Å². The van der Waals surface area contributed by atoms with Crippen LogP contribution in [0.2, 0.25) is 0 Å². The van der Waals surface area contributed by atoms with Crippen molar-refractivity contribution in [3.8, 4) is 0 Å². The van der Waals surface area contributed by atoms with Gasteiger partial charge in [0.2, 0.25) is 0 Å². The highest BCUT2D eigenvalue weighted by Crippen LogP contribution is 2.30. The molecule has 0 amide bonds. The quantitative estimate of drug-likeness (QED) is 0.646. The van der Waals surface area contributed by atoms with Gasteiger partial charge in [-0.25, -0.2) is 0 Å². The van der Waals surface area contributed by atoms with Crippen LogP contribution >= 0.6 is 0 Å². The first-order valence-electron chi connectivity index (χ1n) is 4.65. The second kappa shape index (κ2) is 4.90. The van der Waals surface area contributed by atoms with Gasteiger partial charge in [0.05, 0.1) is 0 Å². The molecule has 0 bridgehead atoms. The summed E-state index contributed by atoms with van der Waals surface area (Å²) in [5.41, 5.74) is 8.10. The van der Waals surface area contributed by atoms with Gasteiger partial charge in [-0.05, 0) is 36.6 Å². The Balaban J connectivity index is 4.99. The highest BCUT2D eigenvalue weighted by molar-refractivity contribution is 5.35. The Morgan fingerprint density at radius 3 is 2.08 bits per heavy atom. The molecule has 0 atom stereocenters. The number of hydrogen-bond acceptors (Lipinski definition) is 1. The van der Waals surface area contributed by atoms with Crippen LogP contribution in [0.3, 0.4) is 0 Å². The second-order valence-corrected chi connectivity index (χ2v) is 4.21. The first-order chi connectivity index (χ1) is 5.93. The molecule has 74 valence electrons. The third kappa shape index (κ3) is 3.97. The minimum Gasteiger partial charge on any atom is -0.404 e. The van der Waals surface area contributed by atoms with Crippen molar-refractivity contribution in [3.63, 3.8) is 0 Å². The minimum atomic E-state index is 0.152. The van der Waals surface area contributed by atoms with Gasteiger partial charge in [-0.3, -0.25) is 0 Å². The average Bonchev–Trinajstić information content (AvgIpc) is 2.02. The van der Waals surface area contributed by atoms with E-state index in [9.17, 15) is 0 Å². The Morgan fingerprint density at radius 1 is 1.23 bits per heavy atom. The van der Waals surface area contributed by atoms with Gasteiger partial charge >= 0.3 is 0 Å². The van der Waals surface area contributed by atoms with Gasteiger partial charge in [0.25, 0.3) is 0 Å². The van der Waals surface area contributed by atoms with Crippen LogP contribution in [0.4, 0.5) is 0 Å². The molecule has 0 fully saturated rings. The maximum Gasteiger partial charge on any atom is -0.00296 e. The van der Waals surface area contributed by atoms with Gasteiger partial charge in [-0.2, -0.15) is 0 Å². The lowest BCUT2D eigenvalue weighted by Crippen LogP contribution is -2.11. The second-order valence-electron chi connectivity index (χ2n) is 4.21. The average molecular weight is 179 g/mol. The summed E-state index contributed by atoms with van der Waals surface area (Å²) in [7, 11) is 0. The van der Waals surface area contributed by atoms with E-state index >= 15 is 0 Å². The standard InChI is InChI=1S/C12H21N/c1-6-7-8-11(10(2)9-13)12(3,4)5/h6-9H,13H2,1-5H3/b7-6-,10-9-,11-8+. The Hall–Kier alpha value is -0.980. The van der Waals surface area contributed by atoms with E-state index in [1.165, 1.54) is 5.57 Å². The molecule has 13 heavy (non-hydrogen) atoms. The summed E-state index contributed by atoms with van der Waals surface area (Å²) in [6.45, 7) is 10.6. The number of rotatable bonds is 2. The largest absolute Gasteiger partial charge is 0.404 e. The zero-order valence-electron chi connectivity index (χ0n) is 9.39. The van der Waals surface area contributed by atoms with Gasteiger partial charge in [0, 0.05) is 0 Å². The third-order valence-electron chi connectivity index (χ3n) is 1.94. The lowest BCUT2D eigenvalue weighted by atomic mass is 9.82. The van der Waals surface area contributed by atoms with Crippen LogP contribution < -0.4 is 5.73 Å². The van der Waals surface area contributed by atoms with Crippen LogP contribution in [0.25, 0.3) is 0 Å². The molecule has 0 aromatic carbocycles. The minimum absolute atomic E-state index is 0.152. The lowest BCUT2D eigenvalue weighted by molar-refractivity contribution is 0.510. The molecule has 0 aliphatic rings. The van der Waals surface area contributed by atoms with E-state index in [2.05, 4.69) is 26.8 Å². The molecule has 0 spiro atoms. The predicted molar refractivity (Wildman–Crippen MR) is 60.3 cm³/mol. The van der Waals surface area contributed by atoms with Crippen LogP contribution in [0.15, 0.2) is 35.6 Å². The Bertz CT molecular complexity index is 236. The predicted octanol–water partition coefficient (Wildman–Crippen LogP) is 3.40. The molecule has 0 aliphatic heterocycles. The summed E-state index contributed by atoms with van der Waals surface area (Å²) < 4.78 is 0. The monoisotopic (exact) mass is 179 g/mol. The topological polar surface area (TPSA) is 26.0 Å². The van der Waals surface area contributed by atoms with Crippen molar-refractivity contribution in [2.24, 2.45) is 11.1 Å². The molecule has 0 aliphatic carbocycles. The molecule has 0 saturated heterocycles. The first-order valence-corrected chi connectivity index (χ1v) is 4.65. The smallest absolute Gasteiger partial charge is 0.00296 e. The Labute approximate surface area is 82.0 Å². The Morgan fingerprint density at radius 2 is 1.77 bits per heavy atom. The molecule has 0 heterocycles. The van der Waals surface area contributed by atoms with E-state index < -0.39 is 0 Å². The number of allylic oxidation sites excluding steroid dienone is 5. The molecular weight excluding hydrogens is 158 g/mol. The molecule has 2 N–H and O–H groups in total. The third-order valence-corrected chi connectivity index (χ3v) is 1.94. The van der Waals surface area contributed by atoms with Gasteiger partial charge in [-0.1, -0.05) is 39.0 Å². The highest BCUT2D eigenvalue weighted by Gasteiger charge is 2.17. The summed E-state index contributed by atoms with van der Waals surface area (Å²) in [5.74, 6) is 0. The summed E-state index contributed by atoms with van der Waals surface area (Å²) in [4.78, 5) is 0. The molecule has 0 rings (SSSR count). The van der Waals surface area contributed by atoms with Crippen LogP contribution in [-0.2, 0) is 0 Å². The van der Waals surface area contributed by atoms with E-state index in [0.717, 1.165) is 5.57 Å². The Kier molecular flexibility index (Phi) is 4.53. The van der Waals surface area contributed by atoms with Crippen LogP contribution in [0.1, 0.15) is 34.6 Å². The summed E-state index contributed by atoms with van der Waals surface area (Å²) in [6.07, 6.45) is 7.86. The van der Waals surface area contributed by atoms with Crippen molar-refractivity contribution in [1.29, 1.82) is 0 Å². The van der Waals surface area contributed by atoms with Crippen LogP contribution in [0.5, 0.6) is 0 Å². The van der Waals surface area contributed by atoms with E-state index in [1.807, 2.05) is 26.0 Å². The maximum atomic E-state index is 5.51. The number of hydrogen-bond donors (Lipinski definition) is 1. The van der Waals surface area contributed by atoms with Crippen molar-refractivity contribution in [2.75, 3.05) is 0 Å². The van der Waals surface area contributed by atoms with E-state index in [-0.39, 0.29) is 5.41 Å². The molecular formula is C12H21N. The molecule has 0 aromatic rings. The van der Waals surface area contributed by atoms with Gasteiger partial charge in [-0.15, -0.1) is 0 Å². The van der Waals surface area contributed by atoms with E-state index in [4.69, 9.17) is 5.73 Å². The van der Waals surface area contributed by atoms with Crippen molar-refractivity contribution >= 4 is 0 Å². The van der Waals surface area contributed by atoms with E-state index in [0.29, 0.717) is 0 Å². The normalized spacial score (nSPS) is 15.5. The van der Waals surface area contributed by atoms with Gasteiger partial charge in [0.15, 0.2) is 0 Å². The summed E-state index contributed by atoms with van der Waals surface area (Å²) in [6, 6.07) is 0. The fraction of sp³-hybridized carbons (Fsp3) is 0.500. The number of nitrogens with two attached hydrogens (primary N) is 1. The molecule has 1 heteroatoms. The zero-order chi connectivity index (χ0) is 10.5. The van der Waals surface area contributed by atoms with Gasteiger partial charge in [0.1, 0.15) is 0 Å². The molecule has 1 nitrogen and oxygen atoms in total. The summed E-state index contributed by atoms with van der Waals surface area (Å²) in [5, 5.41) is 0. The fourth-order valence-corrected chi connectivity index (χ4v) is 1.26. The molecule has 0 radical (unpaired) electrons. The molecule has 0 aromatic heterocycles. The lowest BCUT2D eigenvalue weighted by Gasteiger charge is -2.23. The van der Waals surface area contributed by atoms with Crippen molar-refractivity contribution < 1.29 is 0 Å². The molecule has 0 saturated carbocycles. The zero-order valence-corrected chi connectivity index (χ0v) is 9.39. The van der Waals surface area contributed by atoms with Crippen LogP contribution in [0, 0.1) is 5.41 Å². The van der Waals surface area contributed by atoms with Crippen molar-refractivity contribution in [1.82, 2.24) is 0 Å². The van der Waals surface area contributed by atoms with Crippen LogP contribution in [-0.4, -0.2) is 0 Å². The molecule has 0 unspecified atom stereocenters. The SMILES string of the molecule is C\C=C/C=C(\C(C)=C/N)C(C)(C)C. The maximum absolute atomic E-state index is 5.51. The summed E-state index contributed by atoms with van der Waals surface area (Å²) >= 11 is 0. The first kappa shape index (κ1) is 12.0. The highest BCUT2D eigenvalue weighted by atomic mass is 14.5.